The molecule has 1 aliphatic carbocycles. The highest BCUT2D eigenvalue weighted by atomic mass is 15.1. The fourth-order valence-electron chi connectivity index (χ4n) is 3.35. The summed E-state index contributed by atoms with van der Waals surface area (Å²) in [6, 6.07) is 8.98. The van der Waals surface area contributed by atoms with E-state index in [1.165, 1.54) is 51.7 Å². The topological polar surface area (TPSA) is 3.24 Å². The van der Waals surface area contributed by atoms with Gasteiger partial charge in [0.05, 0.1) is 0 Å². The number of hydrogen-bond acceptors (Lipinski definition) is 1. The normalized spacial score (nSPS) is 20.2. The molecule has 0 radical (unpaired) electrons. The molecule has 18 heavy (non-hydrogen) atoms. The number of benzene rings is 1. The molecule has 1 nitrogen and oxygen atoms in total. The van der Waals surface area contributed by atoms with Crippen LogP contribution in [0.15, 0.2) is 36.4 Å². The van der Waals surface area contributed by atoms with Crippen LogP contribution in [0.4, 0.5) is 0 Å². The van der Waals surface area contributed by atoms with E-state index in [0.717, 1.165) is 5.92 Å². The van der Waals surface area contributed by atoms with E-state index >= 15 is 0 Å². The molecule has 0 fully saturated rings. The van der Waals surface area contributed by atoms with E-state index in [1.54, 1.807) is 11.1 Å². The van der Waals surface area contributed by atoms with Gasteiger partial charge in [-0.1, -0.05) is 36.4 Å². The second-order valence-corrected chi connectivity index (χ2v) is 5.75. The lowest BCUT2D eigenvalue weighted by Gasteiger charge is -2.23. The first-order valence-corrected chi connectivity index (χ1v) is 7.36. The van der Waals surface area contributed by atoms with Crippen LogP contribution in [0.2, 0.25) is 0 Å². The Morgan fingerprint density at radius 2 is 1.83 bits per heavy atom. The summed E-state index contributed by atoms with van der Waals surface area (Å²) in [6.07, 6.45) is 11.3. The van der Waals surface area contributed by atoms with Gasteiger partial charge >= 0.3 is 0 Å². The number of hydrogen-bond donors (Lipinski definition) is 0. The molecule has 0 N–H and O–H groups in total. The van der Waals surface area contributed by atoms with Crippen molar-refractivity contribution in [3.63, 3.8) is 0 Å². The van der Waals surface area contributed by atoms with Crippen LogP contribution in [0.1, 0.15) is 30.4 Å². The fraction of sp³-hybridized carbons (Fsp3) is 0.529. The Bertz CT molecular complexity index is 396. The molecule has 1 aromatic rings. The van der Waals surface area contributed by atoms with Crippen LogP contribution in [-0.4, -0.2) is 24.5 Å². The van der Waals surface area contributed by atoms with Crippen LogP contribution in [0.25, 0.3) is 0 Å². The van der Waals surface area contributed by atoms with Crippen LogP contribution in [0, 0.1) is 5.92 Å². The SMILES string of the molecule is C1=CCN(CCCC2Cc3ccccc3C2)CC1. The summed E-state index contributed by atoms with van der Waals surface area (Å²) >= 11 is 0. The third-order valence-corrected chi connectivity index (χ3v) is 4.36. The monoisotopic (exact) mass is 241 g/mol. The van der Waals surface area contributed by atoms with Crippen LogP contribution in [-0.2, 0) is 12.8 Å². The van der Waals surface area contributed by atoms with Crippen LogP contribution in [0.3, 0.4) is 0 Å². The lowest BCUT2D eigenvalue weighted by Crippen LogP contribution is -2.28. The largest absolute Gasteiger partial charge is 0.299 e. The minimum Gasteiger partial charge on any atom is -0.299 e. The molecule has 1 heteroatoms. The average Bonchev–Trinajstić information content (AvgIpc) is 2.82. The zero-order valence-corrected chi connectivity index (χ0v) is 11.1. The molecular weight excluding hydrogens is 218 g/mol. The molecule has 0 spiro atoms. The molecular formula is C17H23N. The maximum absolute atomic E-state index is 2.59. The molecule has 0 bridgehead atoms. The van der Waals surface area contributed by atoms with E-state index in [-0.39, 0.29) is 0 Å². The molecule has 1 aliphatic heterocycles. The van der Waals surface area contributed by atoms with Gasteiger partial charge in [0, 0.05) is 13.1 Å². The number of rotatable bonds is 4. The van der Waals surface area contributed by atoms with Gasteiger partial charge in [0.15, 0.2) is 0 Å². The lowest BCUT2D eigenvalue weighted by molar-refractivity contribution is 0.283. The molecule has 0 aromatic heterocycles. The minimum atomic E-state index is 0.905. The van der Waals surface area contributed by atoms with Crippen LogP contribution in [0.5, 0.6) is 0 Å². The second kappa shape index (κ2) is 5.71. The first-order chi connectivity index (χ1) is 8.92. The Labute approximate surface area is 111 Å². The fourth-order valence-corrected chi connectivity index (χ4v) is 3.35. The first kappa shape index (κ1) is 12.0. The third kappa shape index (κ3) is 2.84. The van der Waals surface area contributed by atoms with Crippen molar-refractivity contribution < 1.29 is 0 Å². The van der Waals surface area contributed by atoms with Gasteiger partial charge < -0.3 is 0 Å². The average molecular weight is 241 g/mol. The van der Waals surface area contributed by atoms with Crippen molar-refractivity contribution in [2.24, 2.45) is 5.92 Å². The van der Waals surface area contributed by atoms with Crippen molar-refractivity contribution in [3.05, 3.63) is 47.5 Å². The van der Waals surface area contributed by atoms with Gasteiger partial charge in [-0.3, -0.25) is 4.90 Å². The van der Waals surface area contributed by atoms with Gasteiger partial charge in [0.2, 0.25) is 0 Å². The summed E-state index contributed by atoms with van der Waals surface area (Å²) in [6.45, 7) is 3.73. The zero-order valence-electron chi connectivity index (χ0n) is 11.1. The van der Waals surface area contributed by atoms with Crippen molar-refractivity contribution in [1.29, 1.82) is 0 Å². The molecule has 0 saturated carbocycles. The van der Waals surface area contributed by atoms with Crippen LogP contribution >= 0.6 is 0 Å². The highest BCUT2D eigenvalue weighted by Gasteiger charge is 2.20. The Morgan fingerprint density at radius 3 is 2.50 bits per heavy atom. The van der Waals surface area contributed by atoms with E-state index in [4.69, 9.17) is 0 Å². The molecule has 0 atom stereocenters. The second-order valence-electron chi connectivity index (χ2n) is 5.75. The van der Waals surface area contributed by atoms with Crippen LogP contribution < -0.4 is 0 Å². The van der Waals surface area contributed by atoms with E-state index in [2.05, 4.69) is 41.3 Å². The van der Waals surface area contributed by atoms with Gasteiger partial charge in [0.1, 0.15) is 0 Å². The summed E-state index contributed by atoms with van der Waals surface area (Å²) in [5.41, 5.74) is 3.20. The van der Waals surface area contributed by atoms with Gasteiger partial charge in [-0.05, 0) is 55.7 Å². The smallest absolute Gasteiger partial charge is 0.0163 e. The maximum atomic E-state index is 2.59. The van der Waals surface area contributed by atoms with E-state index in [9.17, 15) is 0 Å². The molecule has 0 saturated heterocycles. The van der Waals surface area contributed by atoms with Crippen molar-refractivity contribution in [2.45, 2.75) is 32.1 Å². The van der Waals surface area contributed by atoms with E-state index in [1.807, 2.05) is 0 Å². The summed E-state index contributed by atoms with van der Waals surface area (Å²) in [5, 5.41) is 0. The summed E-state index contributed by atoms with van der Waals surface area (Å²) in [4.78, 5) is 2.59. The highest BCUT2D eigenvalue weighted by molar-refractivity contribution is 5.31. The summed E-state index contributed by atoms with van der Waals surface area (Å²) < 4.78 is 0. The predicted octanol–water partition coefficient (Wildman–Crippen LogP) is 3.44. The quantitative estimate of drug-likeness (QED) is 0.730. The summed E-state index contributed by atoms with van der Waals surface area (Å²) in [5.74, 6) is 0.905. The van der Waals surface area contributed by atoms with E-state index < -0.39 is 0 Å². The molecule has 3 rings (SSSR count). The molecule has 0 unspecified atom stereocenters. The Balaban J connectivity index is 1.42. The van der Waals surface area contributed by atoms with Gasteiger partial charge in [-0.25, -0.2) is 0 Å². The standard InChI is InChI=1S/C17H23N/c1-4-10-18(11-5-1)12-6-7-15-13-16-8-2-3-9-17(16)14-15/h1-4,8-9,15H,5-7,10-14H2. The van der Waals surface area contributed by atoms with Gasteiger partial charge in [-0.15, -0.1) is 0 Å². The summed E-state index contributed by atoms with van der Waals surface area (Å²) in [7, 11) is 0. The van der Waals surface area contributed by atoms with Gasteiger partial charge in [0.25, 0.3) is 0 Å². The minimum absolute atomic E-state index is 0.905. The van der Waals surface area contributed by atoms with E-state index in [0.29, 0.717) is 0 Å². The maximum Gasteiger partial charge on any atom is 0.0163 e. The van der Waals surface area contributed by atoms with Crippen molar-refractivity contribution >= 4 is 0 Å². The van der Waals surface area contributed by atoms with Crippen molar-refractivity contribution in [1.82, 2.24) is 4.90 Å². The lowest BCUT2D eigenvalue weighted by atomic mass is 10.00. The predicted molar refractivity (Wildman–Crippen MR) is 76.8 cm³/mol. The highest BCUT2D eigenvalue weighted by Crippen LogP contribution is 2.29. The Morgan fingerprint density at radius 1 is 1.06 bits per heavy atom. The third-order valence-electron chi connectivity index (χ3n) is 4.36. The molecule has 1 aromatic carbocycles. The Kier molecular flexibility index (Phi) is 3.80. The van der Waals surface area contributed by atoms with Crippen molar-refractivity contribution in [2.75, 3.05) is 19.6 Å². The number of fused-ring (bicyclic) bond motifs is 1. The molecule has 96 valence electrons. The Hall–Kier alpha value is -1.08. The zero-order chi connectivity index (χ0) is 12.2. The van der Waals surface area contributed by atoms with Gasteiger partial charge in [-0.2, -0.15) is 0 Å². The number of nitrogens with zero attached hydrogens (tertiary/aromatic N) is 1. The van der Waals surface area contributed by atoms with Crippen molar-refractivity contribution in [3.8, 4) is 0 Å². The first-order valence-electron chi connectivity index (χ1n) is 7.36. The molecule has 2 aliphatic rings. The molecule has 1 heterocycles. The molecule has 0 amide bonds.